The van der Waals surface area contributed by atoms with Crippen molar-refractivity contribution in [2.75, 3.05) is 14.2 Å². The summed E-state index contributed by atoms with van der Waals surface area (Å²) in [6.45, 7) is 3.39. The van der Waals surface area contributed by atoms with E-state index in [1.54, 1.807) is 13.5 Å². The molecule has 0 aliphatic carbocycles. The zero-order valence-corrected chi connectivity index (χ0v) is 12.5. The molecule has 0 saturated heterocycles. The zero-order valence-electron chi connectivity index (χ0n) is 8.34. The largest absolute Gasteiger partial charge is 0.564 e. The molecule has 0 aromatic heterocycles. The molecule has 0 aliphatic heterocycles. The van der Waals surface area contributed by atoms with Gasteiger partial charge in [0.15, 0.2) is 0 Å². The van der Waals surface area contributed by atoms with Crippen molar-refractivity contribution >= 4 is 66.2 Å². The van der Waals surface area contributed by atoms with E-state index in [1.165, 1.54) is 14.2 Å². The van der Waals surface area contributed by atoms with Gasteiger partial charge in [0.1, 0.15) is 0 Å². The van der Waals surface area contributed by atoms with Gasteiger partial charge in [0.25, 0.3) is 5.97 Å². The van der Waals surface area contributed by atoms with E-state index in [0.717, 1.165) is 0 Å². The van der Waals surface area contributed by atoms with E-state index in [9.17, 15) is 4.79 Å². The van der Waals surface area contributed by atoms with Crippen LogP contribution in [0.3, 0.4) is 0 Å². The molecule has 0 bridgehead atoms. The van der Waals surface area contributed by atoms with Crippen molar-refractivity contribution in [3.05, 3.63) is 0 Å². The minimum Gasteiger partial charge on any atom is -0.473 e. The van der Waals surface area contributed by atoms with Gasteiger partial charge in [-0.25, -0.2) is 0 Å². The van der Waals surface area contributed by atoms with Crippen LogP contribution >= 0.6 is 0 Å². The number of hydrogen-bond acceptors (Lipinski definition) is 4. The Bertz CT molecular complexity index is 138. The number of rotatable bonds is 4. The van der Waals surface area contributed by atoms with E-state index in [1.807, 2.05) is 0 Å². The van der Waals surface area contributed by atoms with Crippen molar-refractivity contribution in [1.29, 1.82) is 0 Å². The summed E-state index contributed by atoms with van der Waals surface area (Å²) in [4.78, 5) is 10.8. The standard InChI is InChI=1S/C6H14O4Si.K/c1-5-6(7)10-11(4,8-2)9-3;/h5H2,1-4H3;. The van der Waals surface area contributed by atoms with E-state index >= 15 is 0 Å². The first-order valence-electron chi connectivity index (χ1n) is 3.40. The summed E-state index contributed by atoms with van der Waals surface area (Å²) in [5, 5.41) is 0. The quantitative estimate of drug-likeness (QED) is 0.640. The van der Waals surface area contributed by atoms with Gasteiger partial charge in [0, 0.05) is 78.6 Å². The molecular formula is C6H14KO4Si. The molecule has 4 nitrogen and oxygen atoms in total. The monoisotopic (exact) mass is 217 g/mol. The summed E-state index contributed by atoms with van der Waals surface area (Å²) in [6.07, 6.45) is 0.343. The smallest absolute Gasteiger partial charge is 0.473 e. The zero-order chi connectivity index (χ0) is 8.91. The molecule has 0 saturated carbocycles. The molecule has 0 atom stereocenters. The van der Waals surface area contributed by atoms with E-state index < -0.39 is 8.80 Å². The van der Waals surface area contributed by atoms with Crippen molar-refractivity contribution in [2.45, 2.75) is 19.9 Å². The van der Waals surface area contributed by atoms with Crippen LogP contribution in [-0.4, -0.2) is 80.4 Å². The molecule has 6 heteroatoms. The number of carbonyl (C=O) groups is 1. The molecule has 0 heterocycles. The van der Waals surface area contributed by atoms with Crippen LogP contribution < -0.4 is 0 Å². The molecule has 0 aromatic rings. The minimum atomic E-state index is -2.63. The Morgan fingerprint density at radius 2 is 1.75 bits per heavy atom. The molecule has 0 fully saturated rings. The summed E-state index contributed by atoms with van der Waals surface area (Å²) in [6, 6.07) is 0. The van der Waals surface area contributed by atoms with Gasteiger partial charge in [-0.1, -0.05) is 6.92 Å². The van der Waals surface area contributed by atoms with E-state index in [-0.39, 0.29) is 57.4 Å². The third-order valence-electron chi connectivity index (χ3n) is 1.33. The topological polar surface area (TPSA) is 44.8 Å². The van der Waals surface area contributed by atoms with Gasteiger partial charge in [-0.15, -0.1) is 0 Å². The Kier molecular flexibility index (Phi) is 9.98. The van der Waals surface area contributed by atoms with Gasteiger partial charge >= 0.3 is 8.80 Å². The third kappa shape index (κ3) is 5.81. The van der Waals surface area contributed by atoms with Crippen molar-refractivity contribution in [3.63, 3.8) is 0 Å². The summed E-state index contributed by atoms with van der Waals surface area (Å²) >= 11 is 0. The molecule has 0 unspecified atom stereocenters. The third-order valence-corrected chi connectivity index (χ3v) is 3.41. The first kappa shape index (κ1) is 15.7. The molecule has 0 N–H and O–H groups in total. The van der Waals surface area contributed by atoms with Crippen LogP contribution in [0.4, 0.5) is 0 Å². The van der Waals surface area contributed by atoms with E-state index in [4.69, 9.17) is 13.3 Å². The van der Waals surface area contributed by atoms with E-state index in [2.05, 4.69) is 0 Å². The van der Waals surface area contributed by atoms with Crippen molar-refractivity contribution < 1.29 is 18.1 Å². The Morgan fingerprint density at radius 1 is 1.33 bits per heavy atom. The van der Waals surface area contributed by atoms with Gasteiger partial charge in [0.05, 0.1) is 0 Å². The molecule has 0 rings (SSSR count). The van der Waals surface area contributed by atoms with Crippen LogP contribution in [-0.2, 0) is 18.1 Å². The van der Waals surface area contributed by atoms with Crippen LogP contribution in [0.1, 0.15) is 13.3 Å². The number of carbonyl (C=O) groups excluding carboxylic acids is 1. The Labute approximate surface area is 117 Å². The fourth-order valence-electron chi connectivity index (χ4n) is 0.446. The molecule has 0 aromatic carbocycles. The van der Waals surface area contributed by atoms with Crippen molar-refractivity contribution in [1.82, 2.24) is 0 Å². The fraction of sp³-hybridized carbons (Fsp3) is 0.833. The summed E-state index contributed by atoms with van der Waals surface area (Å²) in [5.41, 5.74) is 0. The molecule has 0 spiro atoms. The van der Waals surface area contributed by atoms with Gasteiger partial charge in [-0.2, -0.15) is 0 Å². The normalized spacial score (nSPS) is 10.3. The van der Waals surface area contributed by atoms with Gasteiger partial charge in [-0.3, -0.25) is 4.79 Å². The fourth-order valence-corrected chi connectivity index (χ4v) is 1.34. The molecule has 0 aliphatic rings. The minimum absolute atomic E-state index is 0. The first-order chi connectivity index (χ1) is 5.08. The second kappa shape index (κ2) is 7.63. The molecule has 1 radical (unpaired) electrons. The average molecular weight is 217 g/mol. The van der Waals surface area contributed by atoms with Crippen LogP contribution in [0.15, 0.2) is 0 Å². The summed E-state index contributed by atoms with van der Waals surface area (Å²) in [7, 11) is 0.311. The van der Waals surface area contributed by atoms with Gasteiger partial charge < -0.3 is 13.3 Å². The van der Waals surface area contributed by atoms with Crippen LogP contribution in [0.25, 0.3) is 0 Å². The predicted molar refractivity (Wildman–Crippen MR) is 47.8 cm³/mol. The van der Waals surface area contributed by atoms with Crippen LogP contribution in [0.5, 0.6) is 0 Å². The Balaban J connectivity index is 0. The SMILES string of the molecule is CCC(=O)O[Si](C)(OC)OC.[K]. The maximum Gasteiger partial charge on any atom is 0.564 e. The summed E-state index contributed by atoms with van der Waals surface area (Å²) < 4.78 is 14.8. The maximum atomic E-state index is 10.8. The molecule has 67 valence electrons. The van der Waals surface area contributed by atoms with Gasteiger partial charge in [-0.05, 0) is 0 Å². The summed E-state index contributed by atoms with van der Waals surface area (Å²) in [5.74, 6) is -0.289. The molecule has 12 heavy (non-hydrogen) atoms. The Morgan fingerprint density at radius 3 is 2.00 bits per heavy atom. The second-order valence-electron chi connectivity index (χ2n) is 2.10. The van der Waals surface area contributed by atoms with Crippen LogP contribution in [0, 0.1) is 0 Å². The van der Waals surface area contributed by atoms with Crippen molar-refractivity contribution in [2.24, 2.45) is 0 Å². The van der Waals surface area contributed by atoms with E-state index in [0.29, 0.717) is 6.42 Å². The Hall–Kier alpha value is 1.24. The second-order valence-corrected chi connectivity index (χ2v) is 4.84. The van der Waals surface area contributed by atoms with Gasteiger partial charge in [0.2, 0.25) is 0 Å². The predicted octanol–water partition coefficient (Wildman–Crippen LogP) is 0.420. The van der Waals surface area contributed by atoms with Crippen LogP contribution in [0.2, 0.25) is 6.55 Å². The molecule has 0 amide bonds. The first-order valence-corrected chi connectivity index (χ1v) is 5.62. The van der Waals surface area contributed by atoms with Crippen molar-refractivity contribution in [3.8, 4) is 0 Å². The number of hydrogen-bond donors (Lipinski definition) is 0. The average Bonchev–Trinajstić information content (AvgIpc) is 2.04. The maximum absolute atomic E-state index is 10.8. The molecular weight excluding hydrogens is 203 g/mol.